The van der Waals surface area contributed by atoms with E-state index in [1.165, 1.54) is 48.3 Å². The van der Waals surface area contributed by atoms with Crippen molar-refractivity contribution in [2.75, 3.05) is 0 Å². The Bertz CT molecular complexity index is 2400. The Balaban J connectivity index is 1.37. The van der Waals surface area contributed by atoms with Crippen LogP contribution in [-0.4, -0.2) is 9.38 Å². The van der Waals surface area contributed by atoms with Crippen LogP contribution in [0.2, 0.25) is 0 Å². The van der Waals surface area contributed by atoms with Gasteiger partial charge in [0.1, 0.15) is 16.0 Å². The van der Waals surface area contributed by atoms with Crippen LogP contribution in [0.3, 0.4) is 0 Å². The van der Waals surface area contributed by atoms with Gasteiger partial charge in [0, 0.05) is 10.1 Å². The predicted molar refractivity (Wildman–Crippen MR) is 181 cm³/mol. The zero-order valence-electron chi connectivity index (χ0n) is 24.2. The zero-order chi connectivity index (χ0) is 29.4. The molecule has 2 aliphatic carbocycles. The lowest BCUT2D eigenvalue weighted by atomic mass is 9.64. The van der Waals surface area contributed by atoms with Gasteiger partial charge in [0.25, 0.3) is 0 Å². The Hall–Kier alpha value is -5.24. The summed E-state index contributed by atoms with van der Waals surface area (Å²) >= 11 is 1.80. The molecule has 3 aromatic heterocycles. The maximum Gasteiger partial charge on any atom is 0.139 e. The Morgan fingerprint density at radius 3 is 2.50 bits per heavy atom. The maximum atomic E-state index is 10.0. The second kappa shape index (κ2) is 9.38. The van der Waals surface area contributed by atoms with Crippen LogP contribution >= 0.6 is 11.3 Å². The minimum Gasteiger partial charge on any atom is -0.284 e. The van der Waals surface area contributed by atoms with E-state index in [0.717, 1.165) is 28.8 Å². The number of rotatable bonds is 3. The molecule has 0 aliphatic heterocycles. The van der Waals surface area contributed by atoms with Crippen molar-refractivity contribution < 1.29 is 0 Å². The molecule has 2 aliphatic rings. The van der Waals surface area contributed by atoms with Crippen molar-refractivity contribution in [2.45, 2.75) is 18.8 Å². The fraction of sp³-hybridized carbons (Fsp3) is 0.100. The number of pyridine rings is 1. The Kier molecular flexibility index (Phi) is 5.39. The third-order valence-electron chi connectivity index (χ3n) is 9.48. The van der Waals surface area contributed by atoms with Crippen LogP contribution in [0.1, 0.15) is 35.6 Å². The molecule has 3 heterocycles. The molecule has 2 atom stereocenters. The lowest BCUT2D eigenvalue weighted by molar-refractivity contribution is 0.615. The summed E-state index contributed by atoms with van der Waals surface area (Å²) in [5.41, 5.74) is 11.9. The number of allylic oxidation sites excluding steroid dienone is 4. The average Bonchev–Trinajstić information content (AvgIpc) is 3.71. The van der Waals surface area contributed by atoms with Crippen LogP contribution in [0.4, 0.5) is 0 Å². The summed E-state index contributed by atoms with van der Waals surface area (Å²) in [4.78, 5) is 6.27. The van der Waals surface area contributed by atoms with Crippen molar-refractivity contribution in [3.8, 4) is 28.5 Å². The summed E-state index contributed by atoms with van der Waals surface area (Å²) in [6, 6.07) is 41.5. The number of nitriles is 1. The van der Waals surface area contributed by atoms with Gasteiger partial charge in [-0.3, -0.25) is 4.40 Å². The van der Waals surface area contributed by atoms with E-state index < -0.39 is 5.41 Å². The lowest BCUT2D eigenvalue weighted by Crippen LogP contribution is -2.31. The fourth-order valence-electron chi connectivity index (χ4n) is 7.62. The second-order valence-electron chi connectivity index (χ2n) is 12.0. The summed E-state index contributed by atoms with van der Waals surface area (Å²) in [5, 5.41) is 11.2. The first kappa shape index (κ1) is 25.3. The summed E-state index contributed by atoms with van der Waals surface area (Å²) in [6.07, 6.45) is 7.77. The Morgan fingerprint density at radius 1 is 0.864 bits per heavy atom. The van der Waals surface area contributed by atoms with E-state index in [0.29, 0.717) is 11.5 Å². The highest BCUT2D eigenvalue weighted by Gasteiger charge is 2.48. The first-order chi connectivity index (χ1) is 21.7. The van der Waals surface area contributed by atoms with E-state index in [4.69, 9.17) is 4.98 Å². The number of aromatic nitrogens is 2. The van der Waals surface area contributed by atoms with Crippen molar-refractivity contribution in [3.63, 3.8) is 0 Å². The molecule has 0 bridgehead atoms. The summed E-state index contributed by atoms with van der Waals surface area (Å²) in [6.45, 7) is 2.29. The lowest BCUT2D eigenvalue weighted by Gasteiger charge is -2.38. The van der Waals surface area contributed by atoms with Crippen molar-refractivity contribution in [3.05, 3.63) is 155 Å². The highest BCUT2D eigenvalue weighted by molar-refractivity contribution is 7.25. The van der Waals surface area contributed by atoms with Gasteiger partial charge in [-0.25, -0.2) is 4.98 Å². The Morgan fingerprint density at radius 2 is 1.66 bits per heavy atom. The predicted octanol–water partition coefficient (Wildman–Crippen LogP) is 10.1. The van der Waals surface area contributed by atoms with Gasteiger partial charge in [0.15, 0.2) is 0 Å². The van der Waals surface area contributed by atoms with Crippen LogP contribution in [0.5, 0.6) is 0 Å². The van der Waals surface area contributed by atoms with Gasteiger partial charge in [0.2, 0.25) is 0 Å². The first-order valence-corrected chi connectivity index (χ1v) is 15.9. The van der Waals surface area contributed by atoms with Crippen LogP contribution in [0.25, 0.3) is 48.5 Å². The van der Waals surface area contributed by atoms with Gasteiger partial charge in [-0.05, 0) is 82.1 Å². The maximum absolute atomic E-state index is 10.0. The molecule has 0 fully saturated rings. The molecule has 0 N–H and O–H groups in total. The van der Waals surface area contributed by atoms with Crippen molar-refractivity contribution >= 4 is 37.4 Å². The van der Waals surface area contributed by atoms with E-state index in [-0.39, 0.29) is 0 Å². The second-order valence-corrected chi connectivity index (χ2v) is 13.0. The molecule has 2 unspecified atom stereocenters. The molecule has 7 aromatic rings. The molecule has 3 nitrogen and oxygen atoms in total. The quantitative estimate of drug-likeness (QED) is 0.208. The number of fused-ring (bicyclic) bond motifs is 8. The minimum atomic E-state index is -0.510. The molecule has 4 heteroatoms. The molecular formula is C40H27N3S. The summed E-state index contributed by atoms with van der Waals surface area (Å²) < 4.78 is 3.58. The van der Waals surface area contributed by atoms with Crippen molar-refractivity contribution in [1.82, 2.24) is 9.38 Å². The topological polar surface area (TPSA) is 41.1 Å². The standard InChI is InChI=1S/C40H27N3S/c1-25-9-7-12-29(21-25)40(28-10-3-2-4-11-28)33-22-26(24-41)17-19-30(33)31-20-18-27(23-34(31)40)35-14-8-16-37-42-38-32-13-5-6-15-36(32)44-39(38)43(35)37/h2-20,22-23,25H,21H2,1H3. The first-order valence-electron chi connectivity index (χ1n) is 15.1. The molecule has 0 spiro atoms. The monoisotopic (exact) mass is 581 g/mol. The van der Waals surface area contributed by atoms with Gasteiger partial charge in [-0.1, -0.05) is 104 Å². The Labute approximate surface area is 259 Å². The van der Waals surface area contributed by atoms with E-state index in [1.807, 2.05) is 6.07 Å². The van der Waals surface area contributed by atoms with Crippen LogP contribution in [0, 0.1) is 17.2 Å². The number of imidazole rings is 1. The molecule has 4 aromatic carbocycles. The molecule has 0 saturated heterocycles. The smallest absolute Gasteiger partial charge is 0.139 e. The van der Waals surface area contributed by atoms with Crippen LogP contribution < -0.4 is 0 Å². The van der Waals surface area contributed by atoms with Gasteiger partial charge in [-0.15, -0.1) is 11.3 Å². The molecule has 0 saturated carbocycles. The molecular weight excluding hydrogens is 555 g/mol. The van der Waals surface area contributed by atoms with Gasteiger partial charge in [-0.2, -0.15) is 5.26 Å². The van der Waals surface area contributed by atoms with E-state index in [9.17, 15) is 5.26 Å². The van der Waals surface area contributed by atoms with Gasteiger partial charge >= 0.3 is 0 Å². The molecule has 0 radical (unpaired) electrons. The van der Waals surface area contributed by atoms with E-state index in [2.05, 4.69) is 139 Å². The highest BCUT2D eigenvalue weighted by atomic mass is 32.1. The summed E-state index contributed by atoms with van der Waals surface area (Å²) in [7, 11) is 0. The zero-order valence-corrected chi connectivity index (χ0v) is 25.0. The molecule has 44 heavy (non-hydrogen) atoms. The van der Waals surface area contributed by atoms with Gasteiger partial charge < -0.3 is 0 Å². The summed E-state index contributed by atoms with van der Waals surface area (Å²) in [5.74, 6) is 0.423. The fourth-order valence-corrected chi connectivity index (χ4v) is 8.79. The van der Waals surface area contributed by atoms with Crippen LogP contribution in [0.15, 0.2) is 133 Å². The normalized spacial score (nSPS) is 18.8. The molecule has 208 valence electrons. The number of benzene rings is 4. The van der Waals surface area contributed by atoms with E-state index >= 15 is 0 Å². The third kappa shape index (κ3) is 3.39. The number of nitrogens with zero attached hydrogens (tertiary/aromatic N) is 3. The SMILES string of the molecule is CC1C=CC=C(C2(c3ccccc3)c3cc(C#N)ccc3-c3ccc(-c4cccc5nc6c7ccccc7sc6n45)cc32)C1. The molecule has 9 rings (SSSR count). The third-order valence-corrected chi connectivity index (χ3v) is 10.6. The van der Waals surface area contributed by atoms with Crippen molar-refractivity contribution in [2.24, 2.45) is 5.92 Å². The number of hydrogen-bond donors (Lipinski definition) is 0. The number of hydrogen-bond acceptors (Lipinski definition) is 3. The van der Waals surface area contributed by atoms with E-state index in [1.54, 1.807) is 11.3 Å². The van der Waals surface area contributed by atoms with Crippen molar-refractivity contribution in [1.29, 1.82) is 5.26 Å². The highest BCUT2D eigenvalue weighted by Crippen LogP contribution is 2.58. The molecule has 0 amide bonds. The van der Waals surface area contributed by atoms with Crippen LogP contribution in [-0.2, 0) is 5.41 Å². The van der Waals surface area contributed by atoms with Gasteiger partial charge in [0.05, 0.1) is 22.7 Å². The average molecular weight is 582 g/mol. The largest absolute Gasteiger partial charge is 0.284 e. The minimum absolute atomic E-state index is 0.423. The number of thiophene rings is 1.